The maximum Gasteiger partial charge on any atom is 0.150 e. The fraction of sp³-hybridized carbons (Fsp3) is 0.154. The van der Waals surface area contributed by atoms with Crippen LogP contribution in [0, 0.1) is 34.6 Å². The van der Waals surface area contributed by atoms with E-state index >= 15 is 0 Å². The second-order valence-electron chi connectivity index (χ2n) is 7.89. The van der Waals surface area contributed by atoms with Crippen molar-refractivity contribution in [2.45, 2.75) is 6.42 Å². The first-order chi connectivity index (χ1) is 17.7. The highest BCUT2D eigenvalue weighted by atomic mass is 19.1. The Kier molecular flexibility index (Phi) is 8.94. The molecule has 0 unspecified atom stereocenters. The topological polar surface area (TPSA) is 97.4 Å². The number of fused-ring (bicyclic) bond motifs is 1. The number of hydrogen-bond donors (Lipinski definition) is 2. The molecule has 0 saturated carbocycles. The van der Waals surface area contributed by atoms with E-state index in [1.165, 1.54) is 12.7 Å². The fourth-order valence-corrected chi connectivity index (χ4v) is 3.17. The Morgan fingerprint density at radius 1 is 0.946 bits per heavy atom. The summed E-state index contributed by atoms with van der Waals surface area (Å²) in [6, 6.07) is 12.3. The molecule has 0 amide bonds. The van der Waals surface area contributed by atoms with Crippen LogP contribution in [-0.4, -0.2) is 47.0 Å². The first kappa shape index (κ1) is 26.9. The summed E-state index contributed by atoms with van der Waals surface area (Å²) >= 11 is 0. The molecule has 1 heterocycles. The van der Waals surface area contributed by atoms with Gasteiger partial charge in [-0.2, -0.15) is 5.26 Å². The monoisotopic (exact) mass is 510 g/mol. The lowest BCUT2D eigenvalue weighted by molar-refractivity contribution is 0.475. The molecule has 1 aromatic heterocycles. The van der Waals surface area contributed by atoms with Crippen molar-refractivity contribution in [3.63, 3.8) is 0 Å². The van der Waals surface area contributed by atoms with Crippen LogP contribution in [0.25, 0.3) is 10.9 Å². The molecule has 11 heteroatoms. The zero-order chi connectivity index (χ0) is 26.9. The van der Waals surface area contributed by atoms with E-state index in [9.17, 15) is 22.7 Å². The van der Waals surface area contributed by atoms with Crippen molar-refractivity contribution in [1.82, 2.24) is 14.9 Å². The largest absolute Gasteiger partial charge is 0.508 e. The number of benzene rings is 3. The van der Waals surface area contributed by atoms with E-state index in [-0.39, 0.29) is 33.7 Å². The molecule has 3 aromatic carbocycles. The van der Waals surface area contributed by atoms with Crippen LogP contribution in [-0.2, 0) is 6.42 Å². The highest BCUT2D eigenvalue weighted by molar-refractivity contribution is 5.89. The minimum Gasteiger partial charge on any atom is -0.508 e. The van der Waals surface area contributed by atoms with Crippen LogP contribution in [0.5, 0.6) is 5.75 Å². The molecule has 2 N–H and O–H groups in total. The molecule has 37 heavy (non-hydrogen) atoms. The summed E-state index contributed by atoms with van der Waals surface area (Å²) in [6.07, 6.45) is 3.16. The van der Waals surface area contributed by atoms with Crippen LogP contribution in [0.2, 0.25) is 0 Å². The number of nitrogens with one attached hydrogen (secondary N) is 1. The maximum absolute atomic E-state index is 13.9. The van der Waals surface area contributed by atoms with Crippen LogP contribution < -0.4 is 5.32 Å². The molecule has 0 aliphatic heterocycles. The van der Waals surface area contributed by atoms with Crippen molar-refractivity contribution in [1.29, 1.82) is 5.26 Å². The quantitative estimate of drug-likeness (QED) is 0.207. The second kappa shape index (κ2) is 12.3. The number of rotatable bonds is 6. The van der Waals surface area contributed by atoms with E-state index < -0.39 is 23.3 Å². The number of phenolic OH excluding ortho intramolecular Hbond substituents is 1. The third-order valence-electron chi connectivity index (χ3n) is 4.94. The van der Waals surface area contributed by atoms with Gasteiger partial charge in [-0.25, -0.2) is 32.5 Å². The van der Waals surface area contributed by atoms with Gasteiger partial charge in [-0.1, -0.05) is 12.1 Å². The van der Waals surface area contributed by atoms with Gasteiger partial charge in [0, 0.05) is 20.6 Å². The van der Waals surface area contributed by atoms with Gasteiger partial charge < -0.3 is 15.3 Å². The lowest BCUT2D eigenvalue weighted by Gasteiger charge is -2.09. The Bertz CT molecular complexity index is 1450. The van der Waals surface area contributed by atoms with E-state index in [1.807, 2.05) is 0 Å². The maximum atomic E-state index is 13.9. The molecule has 0 fully saturated rings. The average molecular weight is 510 g/mol. The predicted octanol–water partition coefficient (Wildman–Crippen LogP) is 5.33. The van der Waals surface area contributed by atoms with E-state index in [2.05, 4.69) is 20.3 Å². The van der Waals surface area contributed by atoms with Crippen LogP contribution in [0.4, 0.5) is 29.1 Å². The molecule has 0 atom stereocenters. The number of nitriles is 1. The molecule has 7 nitrogen and oxygen atoms in total. The number of aliphatic imine (C=N–C) groups is 1. The van der Waals surface area contributed by atoms with Gasteiger partial charge in [0.15, 0.2) is 0 Å². The summed E-state index contributed by atoms with van der Waals surface area (Å²) in [6.45, 7) is 0.493. The van der Waals surface area contributed by atoms with Gasteiger partial charge in [0.2, 0.25) is 0 Å². The Balaban J connectivity index is 0.000000222. The molecule has 4 rings (SSSR count). The van der Waals surface area contributed by atoms with Gasteiger partial charge in [-0.15, -0.1) is 0 Å². The molecule has 0 radical (unpaired) electrons. The third kappa shape index (κ3) is 6.91. The van der Waals surface area contributed by atoms with E-state index in [0.29, 0.717) is 13.0 Å². The van der Waals surface area contributed by atoms with Crippen LogP contribution in [0.15, 0.2) is 59.9 Å². The van der Waals surface area contributed by atoms with E-state index in [0.717, 1.165) is 29.8 Å². The molecule has 190 valence electrons. The molecule has 0 spiro atoms. The van der Waals surface area contributed by atoms with Gasteiger partial charge in [0.05, 0.1) is 11.7 Å². The summed E-state index contributed by atoms with van der Waals surface area (Å²) < 4.78 is 53.9. The molecular formula is C26H22F4N6O. The molecule has 0 aliphatic carbocycles. The predicted molar refractivity (Wildman–Crippen MR) is 133 cm³/mol. The Morgan fingerprint density at radius 3 is 2.27 bits per heavy atom. The third-order valence-corrected chi connectivity index (χ3v) is 4.94. The van der Waals surface area contributed by atoms with Gasteiger partial charge in [-0.3, -0.25) is 0 Å². The number of aromatic hydroxyl groups is 1. The summed E-state index contributed by atoms with van der Waals surface area (Å²) in [5.41, 5.74) is 0.316. The molecular weight excluding hydrogens is 488 g/mol. The van der Waals surface area contributed by atoms with Crippen LogP contribution >= 0.6 is 0 Å². The summed E-state index contributed by atoms with van der Waals surface area (Å²) in [7, 11) is 3.37. The molecule has 0 aliphatic rings. The van der Waals surface area contributed by atoms with Crippen molar-refractivity contribution in [2.24, 2.45) is 4.99 Å². The van der Waals surface area contributed by atoms with E-state index in [4.69, 9.17) is 5.26 Å². The number of hydrogen-bond acceptors (Lipinski definition) is 6. The number of halogens is 4. The number of nitrogens with zero attached hydrogens (tertiary/aromatic N) is 5. The summed E-state index contributed by atoms with van der Waals surface area (Å²) in [5.74, 6) is -2.17. The Morgan fingerprint density at radius 2 is 1.59 bits per heavy atom. The van der Waals surface area contributed by atoms with Crippen LogP contribution in [0.1, 0.15) is 11.1 Å². The minimum absolute atomic E-state index is 0.0397. The number of phenols is 1. The highest BCUT2D eigenvalue weighted by Crippen LogP contribution is 2.25. The minimum atomic E-state index is -0.773. The smallest absolute Gasteiger partial charge is 0.150 e. The highest BCUT2D eigenvalue weighted by Gasteiger charge is 2.13. The SMILES string of the molecule is CN(C)C=Nc1c(F)ccc(F)c1C#N.Oc1ccc(CCNc2ncnc3c(F)ccc(F)c23)cc1. The Labute approximate surface area is 210 Å². The molecule has 0 saturated heterocycles. The van der Waals surface area contributed by atoms with Gasteiger partial charge in [0.1, 0.15) is 64.0 Å². The second-order valence-corrected chi connectivity index (χ2v) is 7.89. The molecule has 0 bridgehead atoms. The standard InChI is InChI=1S/C16H13F2N3O.C10H9F2N3/c17-12-5-6-13(18)15-14(12)16(21-9-20-15)19-8-7-10-1-3-11(22)4-2-10;1-15(2)6-14-10-7(5-13)8(11)3-4-9(10)12/h1-6,9,22H,7-8H2,(H,19,20,21);3-4,6H,1-2H3. The molecule has 4 aromatic rings. The van der Waals surface area contributed by atoms with Crippen molar-refractivity contribution < 1.29 is 22.7 Å². The normalized spacial score (nSPS) is 10.6. The summed E-state index contributed by atoms with van der Waals surface area (Å²) in [5, 5.41) is 20.9. The number of aromatic nitrogens is 2. The Hall–Kier alpha value is -4.72. The number of anilines is 1. The van der Waals surface area contributed by atoms with Crippen molar-refractivity contribution in [3.8, 4) is 11.8 Å². The average Bonchev–Trinajstić information content (AvgIpc) is 2.88. The van der Waals surface area contributed by atoms with Crippen LogP contribution in [0.3, 0.4) is 0 Å². The first-order valence-corrected chi connectivity index (χ1v) is 10.9. The zero-order valence-electron chi connectivity index (χ0n) is 19.9. The van der Waals surface area contributed by atoms with Gasteiger partial charge >= 0.3 is 0 Å². The van der Waals surface area contributed by atoms with Gasteiger partial charge in [-0.05, 0) is 48.4 Å². The lowest BCUT2D eigenvalue weighted by Crippen LogP contribution is -2.08. The van der Waals surface area contributed by atoms with Crippen molar-refractivity contribution >= 4 is 28.7 Å². The lowest BCUT2D eigenvalue weighted by atomic mass is 10.1. The van der Waals surface area contributed by atoms with Gasteiger partial charge in [0.25, 0.3) is 0 Å². The van der Waals surface area contributed by atoms with Crippen molar-refractivity contribution in [3.05, 3.63) is 89.3 Å². The fourth-order valence-electron chi connectivity index (χ4n) is 3.17. The first-order valence-electron chi connectivity index (χ1n) is 10.9. The van der Waals surface area contributed by atoms with E-state index in [1.54, 1.807) is 49.3 Å². The zero-order valence-corrected chi connectivity index (χ0v) is 19.9. The summed E-state index contributed by atoms with van der Waals surface area (Å²) in [4.78, 5) is 13.0. The van der Waals surface area contributed by atoms with Crippen molar-refractivity contribution in [2.75, 3.05) is 26.0 Å².